The molecular formula is C17H21N3O2. The first kappa shape index (κ1) is 14.7. The number of benzene rings is 1. The van der Waals surface area contributed by atoms with Crippen LogP contribution in [0.25, 0.3) is 0 Å². The molecule has 22 heavy (non-hydrogen) atoms. The molecular weight excluding hydrogens is 278 g/mol. The highest BCUT2D eigenvalue weighted by Gasteiger charge is 2.23. The minimum Gasteiger partial charge on any atom is -0.467 e. The van der Waals surface area contributed by atoms with Crippen molar-refractivity contribution in [3.8, 4) is 0 Å². The number of amides is 1. The SMILES string of the molecule is CC(CNC(=O)c1coc(CN)c1)N1CCc2ccccc21. The molecule has 0 saturated heterocycles. The minimum atomic E-state index is -0.122. The van der Waals surface area contributed by atoms with Crippen LogP contribution in [0.15, 0.2) is 41.0 Å². The monoisotopic (exact) mass is 299 g/mol. The van der Waals surface area contributed by atoms with Gasteiger partial charge in [0.15, 0.2) is 0 Å². The fourth-order valence-corrected chi connectivity index (χ4v) is 2.88. The second-order valence-corrected chi connectivity index (χ2v) is 5.64. The molecule has 1 aromatic heterocycles. The molecule has 0 bridgehead atoms. The molecule has 3 rings (SSSR count). The van der Waals surface area contributed by atoms with Gasteiger partial charge in [-0.05, 0) is 31.0 Å². The highest BCUT2D eigenvalue weighted by atomic mass is 16.3. The molecule has 1 atom stereocenters. The van der Waals surface area contributed by atoms with Crippen molar-refractivity contribution in [2.45, 2.75) is 25.9 Å². The number of carbonyl (C=O) groups is 1. The lowest BCUT2D eigenvalue weighted by atomic mass is 10.2. The van der Waals surface area contributed by atoms with Crippen LogP contribution in [0.5, 0.6) is 0 Å². The highest BCUT2D eigenvalue weighted by Crippen LogP contribution is 2.28. The molecule has 2 heterocycles. The van der Waals surface area contributed by atoms with Crippen molar-refractivity contribution in [3.05, 3.63) is 53.5 Å². The van der Waals surface area contributed by atoms with Gasteiger partial charge in [-0.2, -0.15) is 0 Å². The molecule has 2 aromatic rings. The summed E-state index contributed by atoms with van der Waals surface area (Å²) in [7, 11) is 0. The van der Waals surface area contributed by atoms with E-state index in [4.69, 9.17) is 10.2 Å². The third kappa shape index (κ3) is 2.85. The maximum atomic E-state index is 12.1. The van der Waals surface area contributed by atoms with Crippen LogP contribution in [0.4, 0.5) is 5.69 Å². The van der Waals surface area contributed by atoms with E-state index in [1.807, 2.05) is 0 Å². The van der Waals surface area contributed by atoms with Crippen molar-refractivity contribution in [2.24, 2.45) is 5.73 Å². The maximum Gasteiger partial charge on any atom is 0.254 e. The van der Waals surface area contributed by atoms with Gasteiger partial charge in [-0.1, -0.05) is 18.2 Å². The average molecular weight is 299 g/mol. The van der Waals surface area contributed by atoms with Gasteiger partial charge in [0.2, 0.25) is 0 Å². The van der Waals surface area contributed by atoms with Crippen molar-refractivity contribution in [1.29, 1.82) is 0 Å². The summed E-state index contributed by atoms with van der Waals surface area (Å²) in [5.41, 5.74) is 8.66. The molecule has 1 aliphatic heterocycles. The van der Waals surface area contributed by atoms with E-state index in [0.29, 0.717) is 24.4 Å². The van der Waals surface area contributed by atoms with Gasteiger partial charge in [-0.25, -0.2) is 0 Å². The smallest absolute Gasteiger partial charge is 0.254 e. The van der Waals surface area contributed by atoms with Gasteiger partial charge >= 0.3 is 0 Å². The number of nitrogens with one attached hydrogen (secondary N) is 1. The lowest BCUT2D eigenvalue weighted by Gasteiger charge is -2.27. The van der Waals surface area contributed by atoms with E-state index in [1.165, 1.54) is 17.5 Å². The Balaban J connectivity index is 1.59. The quantitative estimate of drug-likeness (QED) is 0.885. The molecule has 0 saturated carbocycles. The second-order valence-electron chi connectivity index (χ2n) is 5.64. The number of para-hydroxylation sites is 1. The predicted molar refractivity (Wildman–Crippen MR) is 85.9 cm³/mol. The summed E-state index contributed by atoms with van der Waals surface area (Å²) in [6.07, 6.45) is 2.52. The Morgan fingerprint density at radius 1 is 1.45 bits per heavy atom. The Labute approximate surface area is 130 Å². The Bertz CT molecular complexity index is 665. The molecule has 3 N–H and O–H groups in total. The number of rotatable bonds is 5. The molecule has 0 radical (unpaired) electrons. The number of nitrogens with zero attached hydrogens (tertiary/aromatic N) is 1. The molecule has 1 amide bonds. The number of furan rings is 1. The van der Waals surface area contributed by atoms with Crippen molar-refractivity contribution in [1.82, 2.24) is 5.32 Å². The van der Waals surface area contributed by atoms with E-state index in [9.17, 15) is 4.79 Å². The van der Waals surface area contributed by atoms with Crippen LogP contribution in [0, 0.1) is 0 Å². The molecule has 0 fully saturated rings. The number of nitrogens with two attached hydrogens (primary N) is 1. The molecule has 5 nitrogen and oxygen atoms in total. The van der Waals surface area contributed by atoms with Crippen molar-refractivity contribution < 1.29 is 9.21 Å². The van der Waals surface area contributed by atoms with E-state index in [0.717, 1.165) is 13.0 Å². The topological polar surface area (TPSA) is 71.5 Å². The third-order valence-corrected chi connectivity index (χ3v) is 4.13. The van der Waals surface area contributed by atoms with Gasteiger partial charge in [0.1, 0.15) is 12.0 Å². The zero-order chi connectivity index (χ0) is 15.5. The van der Waals surface area contributed by atoms with E-state index in [2.05, 4.69) is 41.4 Å². The van der Waals surface area contributed by atoms with Crippen molar-refractivity contribution >= 4 is 11.6 Å². The van der Waals surface area contributed by atoms with Gasteiger partial charge in [0.05, 0.1) is 12.1 Å². The minimum absolute atomic E-state index is 0.122. The van der Waals surface area contributed by atoms with Crippen LogP contribution in [-0.2, 0) is 13.0 Å². The van der Waals surface area contributed by atoms with Crippen LogP contribution < -0.4 is 16.0 Å². The fraction of sp³-hybridized carbons (Fsp3) is 0.353. The highest BCUT2D eigenvalue weighted by molar-refractivity contribution is 5.94. The van der Waals surface area contributed by atoms with E-state index in [-0.39, 0.29) is 11.9 Å². The maximum absolute atomic E-state index is 12.1. The Kier molecular flexibility index (Phi) is 4.15. The van der Waals surface area contributed by atoms with Crippen molar-refractivity contribution in [3.63, 3.8) is 0 Å². The van der Waals surface area contributed by atoms with Gasteiger partial charge in [-0.3, -0.25) is 4.79 Å². The molecule has 116 valence electrons. The lowest BCUT2D eigenvalue weighted by Crippen LogP contribution is -2.41. The molecule has 1 unspecified atom stereocenters. The van der Waals surface area contributed by atoms with Gasteiger partial charge in [0.25, 0.3) is 5.91 Å². The zero-order valence-corrected chi connectivity index (χ0v) is 12.7. The van der Waals surface area contributed by atoms with Crippen LogP contribution in [-0.4, -0.2) is 25.0 Å². The van der Waals surface area contributed by atoms with Crippen LogP contribution >= 0.6 is 0 Å². The number of fused-ring (bicyclic) bond motifs is 1. The summed E-state index contributed by atoms with van der Waals surface area (Å²) in [6, 6.07) is 10.4. The molecule has 0 spiro atoms. The summed E-state index contributed by atoms with van der Waals surface area (Å²) in [4.78, 5) is 14.5. The van der Waals surface area contributed by atoms with E-state index in [1.54, 1.807) is 6.07 Å². The Hall–Kier alpha value is -2.27. The number of anilines is 1. The second kappa shape index (κ2) is 6.23. The Morgan fingerprint density at radius 3 is 3.05 bits per heavy atom. The van der Waals surface area contributed by atoms with Gasteiger partial charge in [-0.15, -0.1) is 0 Å². The molecule has 5 heteroatoms. The van der Waals surface area contributed by atoms with Crippen LogP contribution in [0.2, 0.25) is 0 Å². The summed E-state index contributed by atoms with van der Waals surface area (Å²) in [6.45, 7) is 4.02. The summed E-state index contributed by atoms with van der Waals surface area (Å²) in [5, 5.41) is 2.96. The third-order valence-electron chi connectivity index (χ3n) is 4.13. The standard InChI is InChI=1S/C17H21N3O2/c1-12(20-7-6-13-4-2-3-5-16(13)20)10-19-17(21)14-8-15(9-18)22-11-14/h2-5,8,11-12H,6-7,9-10,18H2,1H3,(H,19,21). The summed E-state index contributed by atoms with van der Waals surface area (Å²) >= 11 is 0. The average Bonchev–Trinajstić information content (AvgIpc) is 3.18. The van der Waals surface area contributed by atoms with Crippen molar-refractivity contribution in [2.75, 3.05) is 18.0 Å². The predicted octanol–water partition coefficient (Wildman–Crippen LogP) is 1.92. The number of carbonyl (C=O) groups excluding carboxylic acids is 1. The molecule has 1 aliphatic rings. The van der Waals surface area contributed by atoms with E-state index >= 15 is 0 Å². The van der Waals surface area contributed by atoms with Crippen LogP contribution in [0.1, 0.15) is 28.6 Å². The normalized spacial score (nSPS) is 14.7. The molecule has 1 aromatic carbocycles. The largest absolute Gasteiger partial charge is 0.467 e. The molecule has 0 aliphatic carbocycles. The zero-order valence-electron chi connectivity index (χ0n) is 12.7. The number of hydrogen-bond donors (Lipinski definition) is 2. The number of hydrogen-bond acceptors (Lipinski definition) is 4. The van der Waals surface area contributed by atoms with E-state index < -0.39 is 0 Å². The lowest BCUT2D eigenvalue weighted by molar-refractivity contribution is 0.0951. The van der Waals surface area contributed by atoms with Gasteiger partial charge in [0, 0.05) is 24.8 Å². The fourth-order valence-electron chi connectivity index (χ4n) is 2.88. The Morgan fingerprint density at radius 2 is 2.27 bits per heavy atom. The first-order chi connectivity index (χ1) is 10.7. The first-order valence-electron chi connectivity index (χ1n) is 7.59. The first-order valence-corrected chi connectivity index (χ1v) is 7.59. The van der Waals surface area contributed by atoms with Gasteiger partial charge < -0.3 is 20.4 Å². The summed E-state index contributed by atoms with van der Waals surface area (Å²) in [5.74, 6) is 0.495. The van der Waals surface area contributed by atoms with Crippen LogP contribution in [0.3, 0.4) is 0 Å². The summed E-state index contributed by atoms with van der Waals surface area (Å²) < 4.78 is 5.19.